The molecule has 1 saturated carbocycles. The molecule has 0 heterocycles. The molecule has 1 atom stereocenters. The number of amides is 2. The van der Waals surface area contributed by atoms with Crippen LogP contribution in [0.3, 0.4) is 0 Å². The van der Waals surface area contributed by atoms with Crippen LogP contribution in [0, 0.1) is 13.8 Å². The van der Waals surface area contributed by atoms with Gasteiger partial charge in [0, 0.05) is 25.1 Å². The Bertz CT molecular complexity index is 1820. The maximum Gasteiger partial charge on any atom is 0.264 e. The highest BCUT2D eigenvalue weighted by molar-refractivity contribution is 7.92. The molecular formula is C39H45N3O6S. The van der Waals surface area contributed by atoms with Crippen LogP contribution in [0.25, 0.3) is 0 Å². The zero-order valence-electron chi connectivity index (χ0n) is 28.6. The van der Waals surface area contributed by atoms with Gasteiger partial charge in [-0.05, 0) is 62.1 Å². The van der Waals surface area contributed by atoms with Crippen LogP contribution in [0.5, 0.6) is 11.5 Å². The molecule has 0 spiro atoms. The fourth-order valence-electron chi connectivity index (χ4n) is 6.16. The largest absolute Gasteiger partial charge is 0.493 e. The van der Waals surface area contributed by atoms with Crippen molar-refractivity contribution < 1.29 is 27.5 Å². The Morgan fingerprint density at radius 3 is 2.02 bits per heavy atom. The molecular weight excluding hydrogens is 639 g/mol. The van der Waals surface area contributed by atoms with Gasteiger partial charge in [-0.3, -0.25) is 13.9 Å². The summed E-state index contributed by atoms with van der Waals surface area (Å²) in [5.74, 6) is -0.138. The summed E-state index contributed by atoms with van der Waals surface area (Å²) in [4.78, 5) is 30.4. The number of anilines is 1. The number of benzene rings is 4. The minimum Gasteiger partial charge on any atom is -0.493 e. The Morgan fingerprint density at radius 1 is 0.796 bits per heavy atom. The van der Waals surface area contributed by atoms with Gasteiger partial charge in [-0.15, -0.1) is 0 Å². The van der Waals surface area contributed by atoms with Crippen molar-refractivity contribution in [3.63, 3.8) is 0 Å². The average Bonchev–Trinajstić information content (AvgIpc) is 3.63. The van der Waals surface area contributed by atoms with E-state index in [-0.39, 0.29) is 35.6 Å². The molecule has 4 aromatic rings. The number of aryl methyl sites for hydroxylation is 2. The van der Waals surface area contributed by atoms with E-state index in [0.717, 1.165) is 52.2 Å². The second-order valence-electron chi connectivity index (χ2n) is 12.6. The van der Waals surface area contributed by atoms with Crippen LogP contribution < -0.4 is 19.1 Å². The van der Waals surface area contributed by atoms with Crippen LogP contribution in [0.4, 0.5) is 5.69 Å². The number of carbonyl (C=O) groups excluding carboxylic acids is 2. The van der Waals surface area contributed by atoms with Gasteiger partial charge in [0.15, 0.2) is 11.5 Å². The van der Waals surface area contributed by atoms with Gasteiger partial charge in [0.05, 0.1) is 24.8 Å². The quantitative estimate of drug-likeness (QED) is 0.169. The first-order valence-electron chi connectivity index (χ1n) is 16.6. The number of carbonyl (C=O) groups is 2. The second-order valence-corrected chi connectivity index (χ2v) is 14.4. The summed E-state index contributed by atoms with van der Waals surface area (Å²) in [5, 5.41) is 3.21. The van der Waals surface area contributed by atoms with Crippen molar-refractivity contribution in [3.05, 3.63) is 119 Å². The molecule has 9 nitrogen and oxygen atoms in total. The predicted molar refractivity (Wildman–Crippen MR) is 191 cm³/mol. The lowest BCUT2D eigenvalue weighted by atomic mass is 10.0. The zero-order valence-corrected chi connectivity index (χ0v) is 29.4. The smallest absolute Gasteiger partial charge is 0.264 e. The van der Waals surface area contributed by atoms with Gasteiger partial charge in [-0.1, -0.05) is 90.7 Å². The first-order chi connectivity index (χ1) is 23.6. The van der Waals surface area contributed by atoms with Gasteiger partial charge < -0.3 is 19.7 Å². The fourth-order valence-corrected chi connectivity index (χ4v) is 7.59. The summed E-state index contributed by atoms with van der Waals surface area (Å²) in [6.45, 7) is 3.47. The molecule has 258 valence electrons. The van der Waals surface area contributed by atoms with E-state index in [1.54, 1.807) is 24.3 Å². The molecule has 1 N–H and O–H groups in total. The molecule has 49 heavy (non-hydrogen) atoms. The fraction of sp³-hybridized carbons (Fsp3) is 0.333. The maximum atomic E-state index is 14.7. The number of rotatable bonds is 14. The lowest BCUT2D eigenvalue weighted by Crippen LogP contribution is -2.54. The van der Waals surface area contributed by atoms with Crippen molar-refractivity contribution in [2.45, 2.75) is 69.5 Å². The van der Waals surface area contributed by atoms with Crippen molar-refractivity contribution in [1.29, 1.82) is 0 Å². The molecule has 5 rings (SSSR count). The molecule has 4 aromatic carbocycles. The molecule has 0 unspecified atom stereocenters. The molecule has 0 bridgehead atoms. The van der Waals surface area contributed by atoms with Gasteiger partial charge in [-0.25, -0.2) is 8.42 Å². The van der Waals surface area contributed by atoms with Gasteiger partial charge in [0.25, 0.3) is 10.0 Å². The van der Waals surface area contributed by atoms with Gasteiger partial charge in [-0.2, -0.15) is 0 Å². The van der Waals surface area contributed by atoms with Crippen LogP contribution in [0.2, 0.25) is 0 Å². The Labute approximate surface area is 289 Å². The lowest BCUT2D eigenvalue weighted by molar-refractivity contribution is -0.140. The number of hydrogen-bond donors (Lipinski definition) is 1. The molecule has 0 saturated heterocycles. The zero-order chi connectivity index (χ0) is 35.0. The van der Waals surface area contributed by atoms with Gasteiger partial charge in [0.2, 0.25) is 11.8 Å². The molecule has 1 aliphatic rings. The maximum absolute atomic E-state index is 14.7. The summed E-state index contributed by atoms with van der Waals surface area (Å²) in [6, 6.07) is 27.8. The highest BCUT2D eigenvalue weighted by Gasteiger charge is 2.36. The van der Waals surface area contributed by atoms with Crippen molar-refractivity contribution in [1.82, 2.24) is 10.2 Å². The van der Waals surface area contributed by atoms with E-state index in [4.69, 9.17) is 9.47 Å². The number of nitrogens with zero attached hydrogens (tertiary/aromatic N) is 2. The minimum atomic E-state index is -4.31. The van der Waals surface area contributed by atoms with E-state index in [9.17, 15) is 18.0 Å². The number of hydrogen-bond acceptors (Lipinski definition) is 6. The normalized spacial score (nSPS) is 13.8. The number of nitrogens with one attached hydrogen (secondary N) is 1. The van der Waals surface area contributed by atoms with Crippen LogP contribution in [-0.2, 0) is 32.6 Å². The van der Waals surface area contributed by atoms with Gasteiger partial charge in [0.1, 0.15) is 12.6 Å². The van der Waals surface area contributed by atoms with Crippen LogP contribution in [0.15, 0.2) is 102 Å². The summed E-state index contributed by atoms with van der Waals surface area (Å²) in [6.07, 6.45) is 4.13. The SMILES string of the molecule is COc1ccc(S(=O)(=O)N(CC(=O)N(Cc2ccc(C)cc2)[C@H](Cc2ccccc2)C(=O)NC2CCCC2)c2ccc(C)cc2)cc1OC. The van der Waals surface area contributed by atoms with E-state index < -0.39 is 28.5 Å². The van der Waals surface area contributed by atoms with E-state index in [2.05, 4.69) is 5.32 Å². The highest BCUT2D eigenvalue weighted by atomic mass is 32.2. The van der Waals surface area contributed by atoms with Crippen molar-refractivity contribution in [2.75, 3.05) is 25.1 Å². The third-order valence-electron chi connectivity index (χ3n) is 8.99. The predicted octanol–water partition coefficient (Wildman–Crippen LogP) is 6.21. The number of sulfonamides is 1. The molecule has 0 radical (unpaired) electrons. The molecule has 1 aliphatic carbocycles. The molecule has 1 fully saturated rings. The van der Waals surface area contributed by atoms with Crippen LogP contribution >= 0.6 is 0 Å². The van der Waals surface area contributed by atoms with E-state index in [1.165, 1.54) is 37.3 Å². The number of ether oxygens (including phenoxy) is 2. The van der Waals surface area contributed by atoms with Crippen molar-refractivity contribution in [2.24, 2.45) is 0 Å². The summed E-state index contributed by atoms with van der Waals surface area (Å²) >= 11 is 0. The summed E-state index contributed by atoms with van der Waals surface area (Å²) in [5.41, 5.74) is 4.04. The summed E-state index contributed by atoms with van der Waals surface area (Å²) < 4.78 is 40.7. The Kier molecular flexibility index (Phi) is 11.6. The monoisotopic (exact) mass is 683 g/mol. The van der Waals surface area contributed by atoms with E-state index >= 15 is 0 Å². The van der Waals surface area contributed by atoms with Crippen molar-refractivity contribution >= 4 is 27.5 Å². The topological polar surface area (TPSA) is 105 Å². The minimum absolute atomic E-state index is 0.0385. The number of methoxy groups -OCH3 is 2. The standard InChI is InChI=1S/C39H45N3O6S/c1-28-14-18-31(19-15-28)26-41(35(24-30-10-6-5-7-11-30)39(44)40-32-12-8-9-13-32)38(43)27-42(33-20-16-29(2)17-21-33)49(45,46)34-22-23-36(47-3)37(25-34)48-4/h5-7,10-11,14-23,25,32,35H,8-9,12-13,24,26-27H2,1-4H3,(H,40,44)/t35-/m1/s1. The molecule has 0 aromatic heterocycles. The lowest BCUT2D eigenvalue weighted by Gasteiger charge is -2.34. The Hall–Kier alpha value is -4.83. The Morgan fingerprint density at radius 2 is 1.41 bits per heavy atom. The van der Waals surface area contributed by atoms with Crippen molar-refractivity contribution in [3.8, 4) is 11.5 Å². The molecule has 0 aliphatic heterocycles. The Balaban J connectivity index is 1.57. The first-order valence-corrected chi connectivity index (χ1v) is 18.0. The van der Waals surface area contributed by atoms with Gasteiger partial charge >= 0.3 is 0 Å². The molecule has 2 amide bonds. The van der Waals surface area contributed by atoms with E-state index in [1.807, 2.05) is 68.4 Å². The van der Waals surface area contributed by atoms with E-state index in [0.29, 0.717) is 11.4 Å². The summed E-state index contributed by atoms with van der Waals surface area (Å²) in [7, 11) is -1.40. The van der Waals surface area contributed by atoms with Crippen LogP contribution in [0.1, 0.15) is 47.9 Å². The third kappa shape index (κ3) is 8.80. The van der Waals surface area contributed by atoms with Crippen LogP contribution in [-0.4, -0.2) is 58.0 Å². The second kappa shape index (κ2) is 16.0. The average molecular weight is 684 g/mol. The molecule has 10 heteroatoms. The highest BCUT2D eigenvalue weighted by Crippen LogP contribution is 2.32. The first kappa shape index (κ1) is 35.5. The third-order valence-corrected chi connectivity index (χ3v) is 10.8.